The van der Waals surface area contributed by atoms with Gasteiger partial charge in [-0.15, -0.1) is 0 Å². The summed E-state index contributed by atoms with van der Waals surface area (Å²) in [7, 11) is 0. The van der Waals surface area contributed by atoms with Crippen molar-refractivity contribution in [3.8, 4) is 0 Å². The molecule has 0 aliphatic carbocycles. The third kappa shape index (κ3) is 2.85. The minimum absolute atomic E-state index is 0.131. The third-order valence-corrected chi connectivity index (χ3v) is 3.26. The quantitative estimate of drug-likeness (QED) is 0.846. The number of rotatable bonds is 1. The monoisotopic (exact) mass is 350 g/mol. The molecule has 1 atom stereocenters. The number of benzene rings is 1. The van der Waals surface area contributed by atoms with Crippen molar-refractivity contribution in [1.82, 2.24) is 5.01 Å². The molecule has 1 heterocycles. The van der Waals surface area contributed by atoms with Gasteiger partial charge >= 0.3 is 6.18 Å². The van der Waals surface area contributed by atoms with Crippen LogP contribution in [0.4, 0.5) is 13.2 Å². The smallest absolute Gasteiger partial charge is 0.369 e. The van der Waals surface area contributed by atoms with E-state index in [9.17, 15) is 23.1 Å². The molecule has 8 heteroatoms. The number of amides is 1. The molecule has 0 saturated carbocycles. The van der Waals surface area contributed by atoms with Gasteiger partial charge in [0, 0.05) is 16.5 Å². The predicted octanol–water partition coefficient (Wildman–Crippen LogP) is 2.92. The largest absolute Gasteiger partial charge is 0.431 e. The van der Waals surface area contributed by atoms with Gasteiger partial charge in [-0.05, 0) is 25.1 Å². The first-order valence-electron chi connectivity index (χ1n) is 5.58. The van der Waals surface area contributed by atoms with E-state index < -0.39 is 29.9 Å². The molecule has 20 heavy (non-hydrogen) atoms. The Morgan fingerprint density at radius 1 is 1.50 bits per heavy atom. The van der Waals surface area contributed by atoms with E-state index in [4.69, 9.17) is 0 Å². The normalized spacial score (nSPS) is 22.9. The van der Waals surface area contributed by atoms with Crippen LogP contribution in [-0.2, 0) is 0 Å². The van der Waals surface area contributed by atoms with E-state index in [1.807, 2.05) is 0 Å². The predicted molar refractivity (Wildman–Crippen MR) is 69.0 cm³/mol. The van der Waals surface area contributed by atoms with Crippen LogP contribution in [0.15, 0.2) is 33.8 Å². The number of hydrazone groups is 1. The second kappa shape index (κ2) is 4.85. The Kier molecular flexibility index (Phi) is 3.64. The van der Waals surface area contributed by atoms with E-state index in [0.29, 0.717) is 9.48 Å². The van der Waals surface area contributed by atoms with E-state index in [1.54, 1.807) is 12.1 Å². The lowest BCUT2D eigenvalue weighted by Crippen LogP contribution is -2.43. The lowest BCUT2D eigenvalue weighted by molar-refractivity contribution is -0.0679. The van der Waals surface area contributed by atoms with Crippen molar-refractivity contribution >= 4 is 27.5 Å². The molecule has 0 radical (unpaired) electrons. The molecule has 4 nitrogen and oxygen atoms in total. The van der Waals surface area contributed by atoms with Crippen molar-refractivity contribution in [1.29, 1.82) is 0 Å². The van der Waals surface area contributed by atoms with E-state index in [-0.39, 0.29) is 5.56 Å². The highest BCUT2D eigenvalue weighted by atomic mass is 79.9. The fraction of sp³-hybridized carbons (Fsp3) is 0.333. The van der Waals surface area contributed by atoms with Crippen LogP contribution in [0.25, 0.3) is 0 Å². The molecule has 1 aromatic carbocycles. The maximum Gasteiger partial charge on any atom is 0.431 e. The zero-order chi connectivity index (χ0) is 15.1. The fourth-order valence-corrected chi connectivity index (χ4v) is 2.22. The number of aliphatic hydroxyl groups is 1. The van der Waals surface area contributed by atoms with Crippen molar-refractivity contribution in [2.75, 3.05) is 0 Å². The molecule has 0 spiro atoms. The lowest BCUT2D eigenvalue weighted by atomic mass is 10.1. The molecule has 0 aromatic heterocycles. The van der Waals surface area contributed by atoms with E-state index >= 15 is 0 Å². The average Bonchev–Trinajstić information content (AvgIpc) is 2.64. The van der Waals surface area contributed by atoms with Gasteiger partial charge in [0.1, 0.15) is 5.71 Å². The van der Waals surface area contributed by atoms with Gasteiger partial charge in [0.2, 0.25) is 0 Å². The Morgan fingerprint density at radius 3 is 2.65 bits per heavy atom. The van der Waals surface area contributed by atoms with Gasteiger partial charge in [0.05, 0.1) is 0 Å². The standard InChI is InChI=1S/C12H10BrF3N2O2/c1-11(20)6-9(12(14,15)16)17-18(11)10(19)7-3-2-4-8(13)5-7/h2-5,20H,6H2,1H3. The summed E-state index contributed by atoms with van der Waals surface area (Å²) in [6.07, 6.45) is -5.42. The summed E-state index contributed by atoms with van der Waals surface area (Å²) in [5, 5.41) is 13.7. The van der Waals surface area contributed by atoms with E-state index in [1.165, 1.54) is 12.1 Å². The summed E-state index contributed by atoms with van der Waals surface area (Å²) in [4.78, 5) is 12.2. The summed E-state index contributed by atoms with van der Waals surface area (Å²) in [5.41, 5.74) is -3.04. The Hall–Kier alpha value is -1.41. The number of carbonyl (C=O) groups is 1. The van der Waals surface area contributed by atoms with Gasteiger partial charge in [-0.1, -0.05) is 22.0 Å². The SMILES string of the molecule is CC1(O)CC(C(F)(F)F)=NN1C(=O)c1cccc(Br)c1. The highest BCUT2D eigenvalue weighted by Crippen LogP contribution is 2.33. The first-order valence-corrected chi connectivity index (χ1v) is 6.38. The summed E-state index contributed by atoms with van der Waals surface area (Å²) in [6, 6.07) is 6.11. The summed E-state index contributed by atoms with van der Waals surface area (Å²) < 4.78 is 38.5. The van der Waals surface area contributed by atoms with Crippen molar-refractivity contribution in [3.05, 3.63) is 34.3 Å². The van der Waals surface area contributed by atoms with Gasteiger partial charge in [-0.25, -0.2) is 0 Å². The molecule has 1 amide bonds. The highest BCUT2D eigenvalue weighted by molar-refractivity contribution is 9.10. The van der Waals surface area contributed by atoms with Crippen LogP contribution in [-0.4, -0.2) is 33.6 Å². The second-order valence-electron chi connectivity index (χ2n) is 4.57. The molecule has 1 N–H and O–H groups in total. The van der Waals surface area contributed by atoms with Gasteiger partial charge < -0.3 is 5.11 Å². The van der Waals surface area contributed by atoms with Gasteiger partial charge in [0.25, 0.3) is 5.91 Å². The van der Waals surface area contributed by atoms with Crippen LogP contribution in [0.1, 0.15) is 23.7 Å². The highest BCUT2D eigenvalue weighted by Gasteiger charge is 2.49. The maximum absolute atomic E-state index is 12.6. The molecule has 1 unspecified atom stereocenters. The molecule has 2 rings (SSSR count). The number of nitrogens with zero attached hydrogens (tertiary/aromatic N) is 2. The van der Waals surface area contributed by atoms with Crippen molar-refractivity contribution in [3.63, 3.8) is 0 Å². The zero-order valence-electron chi connectivity index (χ0n) is 10.3. The topological polar surface area (TPSA) is 52.9 Å². The first-order chi connectivity index (χ1) is 9.11. The first kappa shape index (κ1) is 15.0. The van der Waals surface area contributed by atoms with Crippen LogP contribution in [0.2, 0.25) is 0 Å². The Labute approximate surface area is 121 Å². The number of halogens is 4. The molecule has 1 aliphatic heterocycles. The Balaban J connectivity index is 2.36. The van der Waals surface area contributed by atoms with Crippen molar-refractivity contribution < 1.29 is 23.1 Å². The molecule has 1 aliphatic rings. The minimum atomic E-state index is -4.67. The molecule has 0 fully saturated rings. The fourth-order valence-electron chi connectivity index (χ4n) is 1.82. The van der Waals surface area contributed by atoms with Crippen molar-refractivity contribution in [2.45, 2.75) is 25.2 Å². The van der Waals surface area contributed by atoms with Gasteiger partial charge in [0.15, 0.2) is 5.72 Å². The number of hydrogen-bond donors (Lipinski definition) is 1. The summed E-state index contributed by atoms with van der Waals surface area (Å²) in [6.45, 7) is 1.12. The summed E-state index contributed by atoms with van der Waals surface area (Å²) >= 11 is 3.16. The average molecular weight is 351 g/mol. The van der Waals surface area contributed by atoms with E-state index in [2.05, 4.69) is 21.0 Å². The molecule has 0 bridgehead atoms. The Bertz CT molecular complexity index is 584. The zero-order valence-corrected chi connectivity index (χ0v) is 11.9. The molecule has 0 saturated heterocycles. The molecule has 108 valence electrons. The van der Waals surface area contributed by atoms with Gasteiger partial charge in [-0.2, -0.15) is 23.3 Å². The van der Waals surface area contributed by atoms with E-state index in [0.717, 1.165) is 6.92 Å². The lowest BCUT2D eigenvalue weighted by Gasteiger charge is -2.26. The van der Waals surface area contributed by atoms with Crippen LogP contribution in [0.3, 0.4) is 0 Å². The van der Waals surface area contributed by atoms with Crippen LogP contribution in [0.5, 0.6) is 0 Å². The number of alkyl halides is 3. The molecular weight excluding hydrogens is 341 g/mol. The number of hydrogen-bond acceptors (Lipinski definition) is 3. The van der Waals surface area contributed by atoms with Gasteiger partial charge in [-0.3, -0.25) is 4.79 Å². The van der Waals surface area contributed by atoms with Crippen LogP contribution in [0, 0.1) is 0 Å². The third-order valence-electron chi connectivity index (χ3n) is 2.77. The molecule has 1 aromatic rings. The maximum atomic E-state index is 12.6. The summed E-state index contributed by atoms with van der Waals surface area (Å²) in [5.74, 6) is -0.796. The molecular formula is C12H10BrF3N2O2. The minimum Gasteiger partial charge on any atom is -0.369 e. The van der Waals surface area contributed by atoms with Crippen LogP contribution >= 0.6 is 15.9 Å². The number of carbonyl (C=O) groups excluding carboxylic acids is 1. The Morgan fingerprint density at radius 2 is 2.15 bits per heavy atom. The van der Waals surface area contributed by atoms with Crippen molar-refractivity contribution in [2.24, 2.45) is 5.10 Å². The van der Waals surface area contributed by atoms with Crippen LogP contribution < -0.4 is 0 Å². The second-order valence-corrected chi connectivity index (χ2v) is 5.48.